The van der Waals surface area contributed by atoms with Crippen molar-refractivity contribution in [2.24, 2.45) is 0 Å². The van der Waals surface area contributed by atoms with Gasteiger partial charge in [-0.05, 0) is 30.0 Å². The van der Waals surface area contributed by atoms with Crippen LogP contribution in [0.3, 0.4) is 0 Å². The fourth-order valence-electron chi connectivity index (χ4n) is 0.697. The lowest BCUT2D eigenvalue weighted by atomic mass is 10.4. The van der Waals surface area contributed by atoms with Gasteiger partial charge in [0.2, 0.25) is 0 Å². The fourth-order valence-corrected chi connectivity index (χ4v) is 1.36. The van der Waals surface area contributed by atoms with E-state index < -0.39 is 0 Å². The maximum atomic E-state index is 12.3. The van der Waals surface area contributed by atoms with Crippen molar-refractivity contribution in [3.05, 3.63) is 30.1 Å². The average Bonchev–Trinajstić information content (AvgIpc) is 1.95. The minimum atomic E-state index is -0.166. The molecule has 10 heavy (non-hydrogen) atoms. The van der Waals surface area contributed by atoms with Gasteiger partial charge in [0.25, 0.3) is 0 Å². The van der Waals surface area contributed by atoms with Crippen LogP contribution in [0.5, 0.6) is 0 Å². The number of benzene rings is 1. The molecule has 54 valence electrons. The molecule has 0 nitrogen and oxygen atoms in total. The third-order valence-corrected chi connectivity index (χ3v) is 2.02. The Bertz CT molecular complexity index is 193. The van der Waals surface area contributed by atoms with Crippen molar-refractivity contribution in [3.63, 3.8) is 0 Å². The summed E-state index contributed by atoms with van der Waals surface area (Å²) in [4.78, 5) is 1.13. The number of hydrogen-bond acceptors (Lipinski definition) is 1. The minimum absolute atomic E-state index is 0.166. The molecule has 0 spiro atoms. The van der Waals surface area contributed by atoms with Crippen molar-refractivity contribution in [2.45, 2.75) is 11.8 Å². The van der Waals surface area contributed by atoms with Crippen LogP contribution < -0.4 is 0 Å². The summed E-state index contributed by atoms with van der Waals surface area (Å²) in [6, 6.07) is 6.56. The van der Waals surface area contributed by atoms with Gasteiger partial charge in [0.15, 0.2) is 0 Å². The maximum absolute atomic E-state index is 12.3. The Labute approximate surface area is 64.4 Å². The maximum Gasteiger partial charge on any atom is 0.123 e. The Morgan fingerprint density at radius 1 is 1.30 bits per heavy atom. The summed E-state index contributed by atoms with van der Waals surface area (Å²) in [6.45, 7) is 2.08. The van der Waals surface area contributed by atoms with E-state index in [0.717, 1.165) is 10.6 Å². The van der Waals surface area contributed by atoms with Crippen LogP contribution in [0.1, 0.15) is 6.92 Å². The zero-order valence-corrected chi connectivity index (χ0v) is 6.62. The first-order valence-electron chi connectivity index (χ1n) is 3.21. The van der Waals surface area contributed by atoms with E-state index in [4.69, 9.17) is 0 Å². The third kappa shape index (κ3) is 2.03. The molecule has 0 radical (unpaired) electrons. The second-order valence-electron chi connectivity index (χ2n) is 1.89. The summed E-state index contributed by atoms with van der Waals surface area (Å²) in [7, 11) is 0. The number of halogens is 1. The zero-order chi connectivity index (χ0) is 7.40. The molecule has 1 aromatic rings. The van der Waals surface area contributed by atoms with Gasteiger partial charge < -0.3 is 0 Å². The van der Waals surface area contributed by atoms with E-state index in [1.54, 1.807) is 23.9 Å². The summed E-state index contributed by atoms with van der Waals surface area (Å²) < 4.78 is 12.3. The van der Waals surface area contributed by atoms with E-state index >= 15 is 0 Å². The van der Waals surface area contributed by atoms with Crippen molar-refractivity contribution in [1.82, 2.24) is 0 Å². The Kier molecular flexibility index (Phi) is 2.75. The lowest BCUT2D eigenvalue weighted by Crippen LogP contribution is -1.74. The molecule has 0 aromatic heterocycles. The quantitative estimate of drug-likeness (QED) is 0.593. The fraction of sp³-hybridized carbons (Fsp3) is 0.250. The van der Waals surface area contributed by atoms with Crippen molar-refractivity contribution in [2.75, 3.05) is 5.75 Å². The number of rotatable bonds is 2. The van der Waals surface area contributed by atoms with Gasteiger partial charge in [-0.2, -0.15) is 0 Å². The van der Waals surface area contributed by atoms with Gasteiger partial charge in [0, 0.05) is 4.90 Å². The summed E-state index contributed by atoms with van der Waals surface area (Å²) >= 11 is 1.72. The molecule has 0 saturated heterocycles. The van der Waals surface area contributed by atoms with Crippen LogP contribution in [0.4, 0.5) is 4.39 Å². The Morgan fingerprint density at radius 2 is 1.90 bits per heavy atom. The van der Waals surface area contributed by atoms with Gasteiger partial charge in [-0.25, -0.2) is 4.39 Å². The van der Waals surface area contributed by atoms with Gasteiger partial charge in [0.1, 0.15) is 5.82 Å². The van der Waals surface area contributed by atoms with Crippen LogP contribution >= 0.6 is 11.8 Å². The molecular weight excluding hydrogens is 147 g/mol. The highest BCUT2D eigenvalue weighted by Crippen LogP contribution is 2.16. The van der Waals surface area contributed by atoms with Crippen molar-refractivity contribution in [1.29, 1.82) is 0 Å². The van der Waals surface area contributed by atoms with Gasteiger partial charge in [-0.3, -0.25) is 0 Å². The Hall–Kier alpha value is -0.500. The predicted octanol–water partition coefficient (Wildman–Crippen LogP) is 2.94. The van der Waals surface area contributed by atoms with Gasteiger partial charge in [0.05, 0.1) is 0 Å². The van der Waals surface area contributed by atoms with E-state index in [0.29, 0.717) is 0 Å². The molecule has 0 atom stereocenters. The van der Waals surface area contributed by atoms with E-state index in [9.17, 15) is 4.39 Å². The molecule has 0 bridgehead atoms. The standard InChI is InChI=1S/C8H9FS/c1-2-10-8-5-3-7(9)4-6-8/h3-6H,2H2,1H3. The topological polar surface area (TPSA) is 0 Å². The number of hydrogen-bond donors (Lipinski definition) is 0. The normalized spacial score (nSPS) is 9.80. The van der Waals surface area contributed by atoms with Crippen LogP contribution in [-0.4, -0.2) is 5.75 Å². The molecule has 0 unspecified atom stereocenters. The smallest absolute Gasteiger partial charge is 0.123 e. The molecule has 1 rings (SSSR count). The Balaban J connectivity index is 2.69. The van der Waals surface area contributed by atoms with E-state index in [1.807, 2.05) is 0 Å². The van der Waals surface area contributed by atoms with Crippen LogP contribution in [0.15, 0.2) is 29.2 Å². The molecule has 0 N–H and O–H groups in total. The summed E-state index contributed by atoms with van der Waals surface area (Å²) in [5.74, 6) is 0.867. The second-order valence-corrected chi connectivity index (χ2v) is 3.22. The molecule has 1 aromatic carbocycles. The van der Waals surface area contributed by atoms with Crippen LogP contribution in [-0.2, 0) is 0 Å². The van der Waals surface area contributed by atoms with Crippen LogP contribution in [0.2, 0.25) is 0 Å². The molecule has 0 amide bonds. The molecule has 0 aliphatic rings. The average molecular weight is 156 g/mol. The van der Waals surface area contributed by atoms with Gasteiger partial charge >= 0.3 is 0 Å². The highest BCUT2D eigenvalue weighted by Gasteiger charge is 1.90. The second kappa shape index (κ2) is 3.62. The first-order valence-corrected chi connectivity index (χ1v) is 4.20. The Morgan fingerprint density at radius 3 is 2.40 bits per heavy atom. The zero-order valence-electron chi connectivity index (χ0n) is 5.80. The molecule has 0 fully saturated rings. The molecule has 2 heteroatoms. The molecular formula is C8H9FS. The van der Waals surface area contributed by atoms with E-state index in [-0.39, 0.29) is 5.82 Å². The third-order valence-electron chi connectivity index (χ3n) is 1.12. The van der Waals surface area contributed by atoms with Crippen LogP contribution in [0, 0.1) is 5.82 Å². The highest BCUT2D eigenvalue weighted by atomic mass is 32.2. The number of thioether (sulfide) groups is 1. The molecule has 0 aliphatic heterocycles. The first kappa shape index (κ1) is 7.61. The monoisotopic (exact) mass is 156 g/mol. The van der Waals surface area contributed by atoms with Crippen LogP contribution in [0.25, 0.3) is 0 Å². The van der Waals surface area contributed by atoms with Gasteiger partial charge in [-0.1, -0.05) is 6.92 Å². The SMILES string of the molecule is CCSc1ccc(F)cc1. The predicted molar refractivity (Wildman–Crippen MR) is 42.8 cm³/mol. The van der Waals surface area contributed by atoms with Gasteiger partial charge in [-0.15, -0.1) is 11.8 Å². The van der Waals surface area contributed by atoms with Crippen molar-refractivity contribution >= 4 is 11.8 Å². The van der Waals surface area contributed by atoms with Crippen molar-refractivity contribution in [3.8, 4) is 0 Å². The largest absolute Gasteiger partial charge is 0.207 e. The summed E-state index contributed by atoms with van der Waals surface area (Å²) in [6.07, 6.45) is 0. The minimum Gasteiger partial charge on any atom is -0.207 e. The lowest BCUT2D eigenvalue weighted by Gasteiger charge is -1.95. The highest BCUT2D eigenvalue weighted by molar-refractivity contribution is 7.99. The first-order chi connectivity index (χ1) is 4.83. The molecule has 0 saturated carbocycles. The van der Waals surface area contributed by atoms with E-state index in [1.165, 1.54) is 12.1 Å². The van der Waals surface area contributed by atoms with E-state index in [2.05, 4.69) is 6.92 Å². The molecule has 0 aliphatic carbocycles. The lowest BCUT2D eigenvalue weighted by molar-refractivity contribution is 0.626. The summed E-state index contributed by atoms with van der Waals surface area (Å²) in [5.41, 5.74) is 0. The molecule has 0 heterocycles. The van der Waals surface area contributed by atoms with Crippen molar-refractivity contribution < 1.29 is 4.39 Å². The summed E-state index contributed by atoms with van der Waals surface area (Å²) in [5, 5.41) is 0.